The average Bonchev–Trinajstić information content (AvgIpc) is 3.15. The van der Waals surface area contributed by atoms with E-state index in [2.05, 4.69) is 199 Å². The Labute approximate surface area is 276 Å². The number of nitrogens with one attached hydrogen (secondary N) is 1. The lowest BCUT2D eigenvalue weighted by Crippen LogP contribution is -1.95. The number of hydrogen-bond acceptors (Lipinski definition) is 1. The molecule has 0 spiro atoms. The highest BCUT2D eigenvalue weighted by molar-refractivity contribution is 5.98. The van der Waals surface area contributed by atoms with Crippen LogP contribution in [0.3, 0.4) is 0 Å². The summed E-state index contributed by atoms with van der Waals surface area (Å²) in [4.78, 5) is 0. The van der Waals surface area contributed by atoms with E-state index in [0.717, 1.165) is 11.4 Å². The molecular formula is C46H33N. The zero-order chi connectivity index (χ0) is 31.4. The molecule has 1 N–H and O–H groups in total. The van der Waals surface area contributed by atoms with Gasteiger partial charge in [-0.3, -0.25) is 0 Å². The molecule has 8 aromatic carbocycles. The van der Waals surface area contributed by atoms with Crippen LogP contribution in [-0.2, 0) is 0 Å². The first-order chi connectivity index (χ1) is 23.3. The van der Waals surface area contributed by atoms with E-state index in [0.29, 0.717) is 0 Å². The first-order valence-electron chi connectivity index (χ1n) is 16.1. The number of hydrogen-bond donors (Lipinski definition) is 1. The first kappa shape index (κ1) is 28.3. The zero-order valence-corrected chi connectivity index (χ0v) is 26.0. The highest BCUT2D eigenvalue weighted by atomic mass is 14.9. The van der Waals surface area contributed by atoms with E-state index in [1.165, 1.54) is 66.4 Å². The van der Waals surface area contributed by atoms with Gasteiger partial charge in [-0.2, -0.15) is 0 Å². The molecule has 0 unspecified atom stereocenters. The topological polar surface area (TPSA) is 12.0 Å². The maximum atomic E-state index is 3.68. The van der Waals surface area contributed by atoms with Crippen LogP contribution in [0.5, 0.6) is 0 Å². The molecule has 8 aromatic rings. The highest BCUT2D eigenvalue weighted by Crippen LogP contribution is 2.44. The van der Waals surface area contributed by atoms with Crippen LogP contribution in [0.1, 0.15) is 0 Å². The fourth-order valence-electron chi connectivity index (χ4n) is 6.48. The Bertz CT molecular complexity index is 2230. The summed E-state index contributed by atoms with van der Waals surface area (Å²) >= 11 is 0. The van der Waals surface area contributed by atoms with Gasteiger partial charge in [-0.25, -0.2) is 0 Å². The van der Waals surface area contributed by atoms with E-state index in [-0.39, 0.29) is 0 Å². The van der Waals surface area contributed by atoms with Gasteiger partial charge >= 0.3 is 0 Å². The minimum absolute atomic E-state index is 1.05. The molecule has 0 saturated carbocycles. The van der Waals surface area contributed by atoms with Crippen LogP contribution in [0, 0.1) is 0 Å². The standard InChI is InChI=1S/C46H33N/c1-4-13-33(14-5-1)41-31-44(36-16-6-2-7-17-36)46(45(32-41)37-18-8-3-9-19-37)40-21-12-22-43(30-40)47-42-27-25-35(26-28-42)39-24-23-34-15-10-11-20-38(34)29-39/h1-32,47H. The van der Waals surface area contributed by atoms with Crippen molar-refractivity contribution in [2.75, 3.05) is 5.32 Å². The second kappa shape index (κ2) is 12.7. The van der Waals surface area contributed by atoms with Crippen LogP contribution in [0.25, 0.3) is 66.4 Å². The molecule has 8 rings (SSSR count). The molecule has 0 radical (unpaired) electrons. The Morgan fingerprint density at radius 2 is 0.766 bits per heavy atom. The molecule has 1 heteroatoms. The van der Waals surface area contributed by atoms with Gasteiger partial charge in [0.2, 0.25) is 0 Å². The monoisotopic (exact) mass is 599 g/mol. The highest BCUT2D eigenvalue weighted by Gasteiger charge is 2.17. The van der Waals surface area contributed by atoms with Crippen molar-refractivity contribution < 1.29 is 0 Å². The van der Waals surface area contributed by atoms with Crippen LogP contribution in [0.2, 0.25) is 0 Å². The van der Waals surface area contributed by atoms with E-state index in [4.69, 9.17) is 0 Å². The fourth-order valence-corrected chi connectivity index (χ4v) is 6.48. The quantitative estimate of drug-likeness (QED) is 0.192. The molecule has 0 atom stereocenters. The maximum Gasteiger partial charge on any atom is 0.0390 e. The molecule has 47 heavy (non-hydrogen) atoms. The van der Waals surface area contributed by atoms with Gasteiger partial charge in [0.25, 0.3) is 0 Å². The van der Waals surface area contributed by atoms with Gasteiger partial charge in [0.05, 0.1) is 0 Å². The molecule has 0 saturated heterocycles. The predicted molar refractivity (Wildman–Crippen MR) is 201 cm³/mol. The molecule has 0 aliphatic carbocycles. The molecule has 0 aliphatic rings. The van der Waals surface area contributed by atoms with Crippen molar-refractivity contribution in [2.24, 2.45) is 0 Å². The number of fused-ring (bicyclic) bond motifs is 1. The zero-order valence-electron chi connectivity index (χ0n) is 26.0. The summed E-state index contributed by atoms with van der Waals surface area (Å²) in [7, 11) is 0. The number of anilines is 2. The lowest BCUT2D eigenvalue weighted by atomic mass is 9.84. The lowest BCUT2D eigenvalue weighted by Gasteiger charge is -2.20. The summed E-state index contributed by atoms with van der Waals surface area (Å²) in [5.41, 5.74) is 14.1. The summed E-state index contributed by atoms with van der Waals surface area (Å²) < 4.78 is 0. The molecule has 222 valence electrons. The lowest BCUT2D eigenvalue weighted by molar-refractivity contribution is 1.52. The Morgan fingerprint density at radius 3 is 1.40 bits per heavy atom. The second-order valence-electron chi connectivity index (χ2n) is 11.9. The third-order valence-corrected chi connectivity index (χ3v) is 8.82. The fraction of sp³-hybridized carbons (Fsp3) is 0. The Balaban J connectivity index is 1.20. The van der Waals surface area contributed by atoms with Crippen LogP contribution < -0.4 is 5.32 Å². The third kappa shape index (κ3) is 5.95. The summed E-state index contributed by atoms with van der Waals surface area (Å²) in [6.45, 7) is 0. The Morgan fingerprint density at radius 1 is 0.255 bits per heavy atom. The summed E-state index contributed by atoms with van der Waals surface area (Å²) in [6, 6.07) is 69.5. The molecule has 0 bridgehead atoms. The van der Waals surface area contributed by atoms with Crippen LogP contribution in [0.4, 0.5) is 11.4 Å². The second-order valence-corrected chi connectivity index (χ2v) is 11.9. The Kier molecular flexibility index (Phi) is 7.63. The van der Waals surface area contributed by atoms with Gasteiger partial charge in [-0.1, -0.05) is 152 Å². The first-order valence-corrected chi connectivity index (χ1v) is 16.1. The van der Waals surface area contributed by atoms with Crippen molar-refractivity contribution in [1.29, 1.82) is 0 Å². The van der Waals surface area contributed by atoms with Crippen molar-refractivity contribution in [1.82, 2.24) is 0 Å². The van der Waals surface area contributed by atoms with Gasteiger partial charge in [-0.15, -0.1) is 0 Å². The van der Waals surface area contributed by atoms with Crippen LogP contribution >= 0.6 is 0 Å². The van der Waals surface area contributed by atoms with Gasteiger partial charge in [0, 0.05) is 11.4 Å². The van der Waals surface area contributed by atoms with Crippen molar-refractivity contribution >= 4 is 22.1 Å². The van der Waals surface area contributed by atoms with E-state index < -0.39 is 0 Å². The van der Waals surface area contributed by atoms with E-state index >= 15 is 0 Å². The Hall–Kier alpha value is -6.18. The normalized spacial score (nSPS) is 11.0. The SMILES string of the molecule is c1ccc(-c2cc(-c3ccccc3)c(-c3cccc(Nc4ccc(-c5ccc6ccccc6c5)cc4)c3)c(-c3ccccc3)c2)cc1. The van der Waals surface area contributed by atoms with Gasteiger partial charge < -0.3 is 5.32 Å². The smallest absolute Gasteiger partial charge is 0.0390 e. The van der Waals surface area contributed by atoms with Crippen LogP contribution in [-0.4, -0.2) is 0 Å². The van der Waals surface area contributed by atoms with Crippen molar-refractivity contribution in [3.8, 4) is 55.6 Å². The largest absolute Gasteiger partial charge is 0.356 e. The number of benzene rings is 8. The van der Waals surface area contributed by atoms with E-state index in [1.54, 1.807) is 0 Å². The average molecular weight is 600 g/mol. The summed E-state index contributed by atoms with van der Waals surface area (Å²) in [5, 5.41) is 6.19. The third-order valence-electron chi connectivity index (χ3n) is 8.82. The molecule has 1 nitrogen and oxygen atoms in total. The molecule has 0 fully saturated rings. The molecule has 0 aliphatic heterocycles. The minimum atomic E-state index is 1.05. The van der Waals surface area contributed by atoms with E-state index in [1.807, 2.05) is 0 Å². The molecule has 0 heterocycles. The van der Waals surface area contributed by atoms with Crippen molar-refractivity contribution in [2.45, 2.75) is 0 Å². The van der Waals surface area contributed by atoms with Gasteiger partial charge in [-0.05, 0) is 109 Å². The van der Waals surface area contributed by atoms with E-state index in [9.17, 15) is 0 Å². The van der Waals surface area contributed by atoms with Crippen molar-refractivity contribution in [3.63, 3.8) is 0 Å². The number of rotatable bonds is 7. The van der Waals surface area contributed by atoms with Gasteiger partial charge in [0.15, 0.2) is 0 Å². The van der Waals surface area contributed by atoms with Gasteiger partial charge in [0.1, 0.15) is 0 Å². The van der Waals surface area contributed by atoms with Crippen molar-refractivity contribution in [3.05, 3.63) is 194 Å². The summed E-state index contributed by atoms with van der Waals surface area (Å²) in [6.07, 6.45) is 0. The maximum absolute atomic E-state index is 3.68. The molecular weight excluding hydrogens is 567 g/mol. The summed E-state index contributed by atoms with van der Waals surface area (Å²) in [5.74, 6) is 0. The molecule has 0 aromatic heterocycles. The van der Waals surface area contributed by atoms with Crippen LogP contribution in [0.15, 0.2) is 194 Å². The minimum Gasteiger partial charge on any atom is -0.356 e. The predicted octanol–water partition coefficient (Wildman–Crippen LogP) is 12.9. The molecule has 0 amide bonds.